The van der Waals surface area contributed by atoms with Crippen molar-refractivity contribution in [2.75, 3.05) is 0 Å². The first-order valence-corrected chi connectivity index (χ1v) is 42.9. The largest absolute Gasteiger partial charge is 0.335 e. The molecule has 0 unspecified atom stereocenters. The van der Waals surface area contributed by atoms with Crippen molar-refractivity contribution in [3.05, 3.63) is 331 Å². The highest BCUT2D eigenvalue weighted by molar-refractivity contribution is 6.14. The van der Waals surface area contributed by atoms with Gasteiger partial charge < -0.3 is 22.8 Å². The molecule has 14 aromatic carbocycles. The maximum Gasteiger partial charge on any atom is 0.0991 e. The van der Waals surface area contributed by atoms with Crippen molar-refractivity contribution < 1.29 is 0 Å². The number of nitrogens with zero attached hydrogens (tertiary/aromatic N) is 6. The number of nitriles is 1. The third-order valence-corrected chi connectivity index (χ3v) is 24.1. The molecule has 0 saturated carbocycles. The molecule has 0 spiro atoms. The number of para-hydroxylation sites is 5. The molecule has 0 atom stereocenters. The maximum absolute atomic E-state index is 9.15. The average Bonchev–Trinajstić information content (AvgIpc) is 1.69. The fourth-order valence-corrected chi connectivity index (χ4v) is 18.6. The second kappa shape index (κ2) is 30.7. The van der Waals surface area contributed by atoms with Crippen molar-refractivity contribution in [2.24, 2.45) is 0 Å². The normalized spacial score (nSPS) is 12.5. The Kier molecular flexibility index (Phi) is 20.8. The van der Waals surface area contributed by atoms with Crippen molar-refractivity contribution in [3.63, 3.8) is 0 Å². The SMILES string of the molecule is C#Cc1ccc2c(c1)c1cc(C#N)ccc1n2C(C)(C)C.CC(C)(C)c1ccc2c(c1)-c1ccccc1-c1ccccc1-c1ccccc1-2.CC(C)(C)c1ccc2c(c1)c1cc(C(C)(C)C)ccc1n2C(C)(C)C.CC(C)(C)n1c2ccccc2c2cc(-n3c4ccccc4c4ccccc43)ccc21.CC(C)(C)n1c2ccccc2c2ccccc21. The summed E-state index contributed by atoms with van der Waals surface area (Å²) in [5, 5.41) is 22.0. The lowest BCUT2D eigenvalue weighted by Crippen LogP contribution is -2.21. The second-order valence-electron chi connectivity index (χ2n) is 40.0. The van der Waals surface area contributed by atoms with Crippen LogP contribution in [0.1, 0.15) is 173 Å². The van der Waals surface area contributed by atoms with Gasteiger partial charge in [0.25, 0.3) is 0 Å². The third-order valence-electron chi connectivity index (χ3n) is 24.1. The van der Waals surface area contributed by atoms with E-state index < -0.39 is 0 Å². The predicted molar refractivity (Wildman–Crippen MR) is 523 cm³/mol. The molecule has 1 aliphatic rings. The van der Waals surface area contributed by atoms with Gasteiger partial charge in [0, 0.05) is 131 Å². The van der Waals surface area contributed by atoms with Crippen LogP contribution in [0, 0.1) is 23.7 Å². The van der Waals surface area contributed by atoms with Crippen molar-refractivity contribution in [1.82, 2.24) is 22.8 Å². The Hall–Kier alpha value is -12.9. The first kappa shape index (κ1) is 81.9. The van der Waals surface area contributed by atoms with Crippen LogP contribution in [-0.2, 0) is 38.4 Å². The van der Waals surface area contributed by atoms with E-state index in [4.69, 9.17) is 11.7 Å². The van der Waals surface area contributed by atoms with E-state index in [2.05, 4.69) is 453 Å². The Morgan fingerprint density at radius 1 is 0.215 bits per heavy atom. The van der Waals surface area contributed by atoms with Crippen molar-refractivity contribution in [3.8, 4) is 68.6 Å². The minimum absolute atomic E-state index is 0.00964. The van der Waals surface area contributed by atoms with Gasteiger partial charge in [-0.05, 0) is 276 Å². The Morgan fingerprint density at radius 3 is 0.793 bits per heavy atom. The van der Waals surface area contributed by atoms with Gasteiger partial charge in [0.1, 0.15) is 0 Å². The fourth-order valence-electron chi connectivity index (χ4n) is 18.6. The molecule has 5 heterocycles. The van der Waals surface area contributed by atoms with Crippen LogP contribution in [0.3, 0.4) is 0 Å². The summed E-state index contributed by atoms with van der Waals surface area (Å²) in [5.74, 6) is 2.69. The van der Waals surface area contributed by atoms with Gasteiger partial charge in [0.2, 0.25) is 0 Å². The highest BCUT2D eigenvalue weighted by Gasteiger charge is 2.29. The molecule has 0 fully saturated rings. The zero-order valence-corrected chi connectivity index (χ0v) is 74.6. The third kappa shape index (κ3) is 15.2. The van der Waals surface area contributed by atoms with Crippen LogP contribution in [0.5, 0.6) is 0 Å². The van der Waals surface area contributed by atoms with Crippen LogP contribution >= 0.6 is 0 Å². The van der Waals surface area contributed by atoms with Gasteiger partial charge in [-0.1, -0.05) is 256 Å². The van der Waals surface area contributed by atoms with Gasteiger partial charge in [-0.25, -0.2) is 0 Å². The summed E-state index contributed by atoms with van der Waals surface area (Å²) in [4.78, 5) is 0. The van der Waals surface area contributed by atoms with E-state index in [1.165, 1.54) is 154 Å². The van der Waals surface area contributed by atoms with Gasteiger partial charge in [-0.15, -0.1) is 6.42 Å². The number of hydrogen-bond donors (Lipinski definition) is 0. The molecule has 6 heteroatoms. The molecule has 0 amide bonds. The highest BCUT2D eigenvalue weighted by Crippen LogP contribution is 2.50. The molecule has 0 N–H and O–H groups in total. The summed E-state index contributed by atoms with van der Waals surface area (Å²) in [6, 6.07) is 112. The number of fused-ring (bicyclic) bond motifs is 23. The van der Waals surface area contributed by atoms with Gasteiger partial charge in [0.15, 0.2) is 0 Å². The van der Waals surface area contributed by atoms with E-state index in [0.29, 0.717) is 5.56 Å². The zero-order chi connectivity index (χ0) is 85.8. The summed E-state index contributed by atoms with van der Waals surface area (Å²) >= 11 is 0. The Labute approximate surface area is 716 Å². The van der Waals surface area contributed by atoms with Crippen LogP contribution in [0.15, 0.2) is 303 Å². The standard InChI is InChI=1S/C28H24N2.C28H24.C24H33N.C19H16N2.C16H17N/c1-28(2,3)30-26-15-9-6-12-22(26)23-18-19(16-17-27(23)30)29-24-13-7-4-10-20(24)21-11-5-8-14-25(21)29;1-28(2,3)19-16-17-26-24-14-7-6-12-22(24)20-10-4-5-11-21(20)23-13-8-9-15-25(23)27(26)18-19;1-22(2,3)16-10-12-20-18(14-16)19-15-17(23(4,5)6)11-13-21(19)25(20)24(7,8)9;1-5-13-6-8-17-15(10-13)16-11-14(12-20)7-9-18(16)21(17)19(2,3)4;1-16(2,3)17-14-10-6-4-8-12(14)13-9-5-7-11-15(13)17/h4-18H,1-3H3;4-18H,1-3H3;10-15H,1-9H3;1,6-11H,2-4H3;4-11H,1-3H3. The molecule has 0 aliphatic heterocycles. The van der Waals surface area contributed by atoms with Gasteiger partial charge in [0.05, 0.1) is 22.7 Å². The molecule has 1 aliphatic carbocycles. The Balaban J connectivity index is 0.000000114. The maximum atomic E-state index is 9.15. The van der Waals surface area contributed by atoms with E-state index in [1.807, 2.05) is 30.3 Å². The second-order valence-corrected chi connectivity index (χ2v) is 40.0. The fraction of sp³-hybridized carbons (Fsp3) is 0.243. The summed E-state index contributed by atoms with van der Waals surface area (Å²) in [5.41, 5.74) is 30.6. The Morgan fingerprint density at radius 2 is 0.455 bits per heavy atom. The minimum Gasteiger partial charge on any atom is -0.335 e. The molecule has 0 bridgehead atoms. The van der Waals surface area contributed by atoms with Crippen LogP contribution < -0.4 is 0 Å². The zero-order valence-electron chi connectivity index (χ0n) is 74.6. The molecule has 20 rings (SSSR count). The van der Waals surface area contributed by atoms with Crippen molar-refractivity contribution in [1.29, 1.82) is 5.26 Å². The summed E-state index contributed by atoms with van der Waals surface area (Å²) in [6.45, 7) is 47.6. The molecular weight excluding hydrogens is 1470 g/mol. The van der Waals surface area contributed by atoms with E-state index in [0.717, 1.165) is 27.4 Å². The molecule has 19 aromatic rings. The average molecular weight is 1580 g/mol. The van der Waals surface area contributed by atoms with Gasteiger partial charge >= 0.3 is 0 Å². The number of terminal acetylenes is 1. The summed E-state index contributed by atoms with van der Waals surface area (Å²) in [7, 11) is 0. The van der Waals surface area contributed by atoms with Crippen LogP contribution in [0.4, 0.5) is 0 Å². The van der Waals surface area contributed by atoms with Crippen LogP contribution in [0.2, 0.25) is 0 Å². The lowest BCUT2D eigenvalue weighted by Gasteiger charge is -2.26. The molecule has 0 saturated heterocycles. The topological polar surface area (TPSA) is 48.4 Å². The quantitative estimate of drug-likeness (QED) is 0.151. The minimum atomic E-state index is -0.0498. The Bertz CT molecular complexity index is 7070. The molecule has 121 heavy (non-hydrogen) atoms. The lowest BCUT2D eigenvalue weighted by atomic mass is 9.78. The molecule has 604 valence electrons. The van der Waals surface area contributed by atoms with E-state index in [9.17, 15) is 0 Å². The smallest absolute Gasteiger partial charge is 0.0991 e. The molecule has 0 radical (unpaired) electrons. The van der Waals surface area contributed by atoms with Gasteiger partial charge in [-0.2, -0.15) is 5.26 Å². The summed E-state index contributed by atoms with van der Waals surface area (Å²) < 4.78 is 12.1. The van der Waals surface area contributed by atoms with Crippen LogP contribution in [-0.4, -0.2) is 22.8 Å². The molecular formula is C115H114N6. The monoisotopic (exact) mass is 1580 g/mol. The number of benzene rings is 14. The lowest BCUT2D eigenvalue weighted by molar-refractivity contribution is 0.423. The van der Waals surface area contributed by atoms with Crippen molar-refractivity contribution in [2.45, 2.75) is 184 Å². The van der Waals surface area contributed by atoms with Gasteiger partial charge in [-0.3, -0.25) is 0 Å². The van der Waals surface area contributed by atoms with E-state index >= 15 is 0 Å². The summed E-state index contributed by atoms with van der Waals surface area (Å²) in [6.07, 6.45) is 5.52. The first-order valence-electron chi connectivity index (χ1n) is 42.9. The van der Waals surface area contributed by atoms with Crippen LogP contribution in [0.25, 0.3) is 159 Å². The molecule has 5 aromatic heterocycles. The first-order chi connectivity index (χ1) is 57.4. The number of rotatable bonds is 1. The van der Waals surface area contributed by atoms with E-state index in [1.54, 1.807) is 0 Å². The van der Waals surface area contributed by atoms with Crippen molar-refractivity contribution >= 4 is 109 Å². The number of hydrogen-bond acceptors (Lipinski definition) is 1. The number of aromatic nitrogens is 5. The highest BCUT2D eigenvalue weighted by atomic mass is 15.1. The molecule has 6 nitrogen and oxygen atoms in total. The predicted octanol–water partition coefficient (Wildman–Crippen LogP) is 31.7. The van der Waals surface area contributed by atoms with E-state index in [-0.39, 0.29) is 38.4 Å².